The molecule has 10 heteroatoms. The fourth-order valence-electron chi connectivity index (χ4n) is 2.31. The predicted molar refractivity (Wildman–Crippen MR) is 98.2 cm³/mol. The number of nitro benzene ring substituents is 1. The van der Waals surface area contributed by atoms with Crippen molar-refractivity contribution >= 4 is 23.2 Å². The molecule has 0 heterocycles. The van der Waals surface area contributed by atoms with Crippen LogP contribution in [0.3, 0.4) is 0 Å². The first kappa shape index (κ1) is 20.4. The summed E-state index contributed by atoms with van der Waals surface area (Å²) in [6.45, 7) is -2.69. The Hall–Kier alpha value is -2.94. The summed E-state index contributed by atoms with van der Waals surface area (Å²) >= 11 is 5.91. The molecule has 2 rings (SSSR count). The Morgan fingerprint density at radius 3 is 2.52 bits per heavy atom. The van der Waals surface area contributed by atoms with E-state index >= 15 is 0 Å². The molecule has 7 nitrogen and oxygen atoms in total. The van der Waals surface area contributed by atoms with Gasteiger partial charge in [-0.3, -0.25) is 15.1 Å². The van der Waals surface area contributed by atoms with Crippen LogP contribution in [0.4, 0.5) is 14.5 Å². The van der Waals surface area contributed by atoms with E-state index in [0.717, 1.165) is 0 Å². The number of guanidine groups is 1. The number of para-hydroxylation sites is 1. The molecule has 0 fully saturated rings. The molecule has 0 unspecified atom stereocenters. The third-order valence-corrected chi connectivity index (χ3v) is 3.78. The Kier molecular flexibility index (Phi) is 7.30. The third kappa shape index (κ3) is 6.07. The summed E-state index contributed by atoms with van der Waals surface area (Å²) in [5.41, 5.74) is 0.884. The van der Waals surface area contributed by atoms with Crippen molar-refractivity contribution in [2.75, 3.05) is 7.05 Å². The Morgan fingerprint density at radius 2 is 1.89 bits per heavy atom. The second kappa shape index (κ2) is 9.67. The molecule has 0 radical (unpaired) electrons. The molecule has 0 aromatic heterocycles. The molecule has 144 valence electrons. The van der Waals surface area contributed by atoms with Crippen molar-refractivity contribution in [3.8, 4) is 5.75 Å². The largest absolute Gasteiger partial charge is 0.434 e. The zero-order valence-corrected chi connectivity index (χ0v) is 15.0. The normalized spacial score (nSPS) is 11.4. The van der Waals surface area contributed by atoms with Gasteiger partial charge in [0.15, 0.2) is 5.96 Å². The van der Waals surface area contributed by atoms with Gasteiger partial charge in [-0.15, -0.1) is 0 Å². The second-order valence-corrected chi connectivity index (χ2v) is 5.73. The monoisotopic (exact) mass is 398 g/mol. The Balaban J connectivity index is 2.03. The number of hydrogen-bond donors (Lipinski definition) is 2. The van der Waals surface area contributed by atoms with Crippen LogP contribution in [0.2, 0.25) is 5.02 Å². The lowest BCUT2D eigenvalue weighted by molar-refractivity contribution is -0.385. The molecule has 2 N–H and O–H groups in total. The maximum Gasteiger partial charge on any atom is 0.387 e. The van der Waals surface area contributed by atoms with Gasteiger partial charge in [0.05, 0.1) is 4.92 Å². The lowest BCUT2D eigenvalue weighted by atomic mass is 10.2. The van der Waals surface area contributed by atoms with Crippen molar-refractivity contribution in [3.05, 3.63) is 68.7 Å². The molecular formula is C17H17ClF2N4O3. The minimum Gasteiger partial charge on any atom is -0.434 e. The summed E-state index contributed by atoms with van der Waals surface area (Å²) in [7, 11) is 1.52. The highest BCUT2D eigenvalue weighted by atomic mass is 35.5. The average Bonchev–Trinajstić information content (AvgIpc) is 2.63. The van der Waals surface area contributed by atoms with Crippen LogP contribution in [-0.2, 0) is 13.1 Å². The van der Waals surface area contributed by atoms with Crippen LogP contribution < -0.4 is 15.4 Å². The summed E-state index contributed by atoms with van der Waals surface area (Å²) in [4.78, 5) is 14.6. The lowest BCUT2D eigenvalue weighted by Gasteiger charge is -2.15. The van der Waals surface area contributed by atoms with Crippen LogP contribution in [0.15, 0.2) is 47.5 Å². The minimum absolute atomic E-state index is 0.00366. The maximum atomic E-state index is 12.5. The summed E-state index contributed by atoms with van der Waals surface area (Å²) in [5.74, 6) is 0.326. The smallest absolute Gasteiger partial charge is 0.387 e. The number of hydrogen-bond acceptors (Lipinski definition) is 4. The molecule has 2 aromatic rings. The van der Waals surface area contributed by atoms with Gasteiger partial charge in [-0.2, -0.15) is 8.78 Å². The summed E-state index contributed by atoms with van der Waals surface area (Å²) in [6, 6.07) is 10.6. The highest BCUT2D eigenvalue weighted by Crippen LogP contribution is 2.24. The van der Waals surface area contributed by atoms with Gasteiger partial charge in [0.1, 0.15) is 5.75 Å². The quantitative estimate of drug-likeness (QED) is 0.321. The summed E-state index contributed by atoms with van der Waals surface area (Å²) < 4.78 is 29.5. The number of nitrogens with one attached hydrogen (secondary N) is 2. The number of halogens is 3. The van der Waals surface area contributed by atoms with Crippen molar-refractivity contribution in [2.24, 2.45) is 4.99 Å². The van der Waals surface area contributed by atoms with Crippen LogP contribution in [0, 0.1) is 10.1 Å². The average molecular weight is 399 g/mol. The Morgan fingerprint density at radius 1 is 1.22 bits per heavy atom. The SMILES string of the molecule is CN=C(NCc1cc(Cl)ccc1OC(F)F)NCc1ccccc1[N+](=O)[O-]. The standard InChI is InChI=1S/C17H17ClF2N4O3/c1-21-17(22-9-11-4-2-3-5-14(11)24(25)26)23-10-12-8-13(18)6-7-15(12)27-16(19)20/h2-8,16H,9-10H2,1H3,(H2,21,22,23). The molecule has 2 aromatic carbocycles. The number of nitro groups is 1. The van der Waals surface area contributed by atoms with Gasteiger partial charge >= 0.3 is 6.61 Å². The number of benzene rings is 2. The van der Waals surface area contributed by atoms with Crippen molar-refractivity contribution in [2.45, 2.75) is 19.7 Å². The van der Waals surface area contributed by atoms with Gasteiger partial charge in [0.25, 0.3) is 5.69 Å². The van der Waals surface area contributed by atoms with E-state index in [4.69, 9.17) is 11.6 Å². The van der Waals surface area contributed by atoms with Gasteiger partial charge in [-0.25, -0.2) is 0 Å². The molecule has 27 heavy (non-hydrogen) atoms. The molecule has 0 aliphatic carbocycles. The van der Waals surface area contributed by atoms with E-state index in [0.29, 0.717) is 22.1 Å². The zero-order valence-electron chi connectivity index (χ0n) is 14.3. The fraction of sp³-hybridized carbons (Fsp3) is 0.235. The highest BCUT2D eigenvalue weighted by Gasteiger charge is 2.13. The van der Waals surface area contributed by atoms with Crippen LogP contribution in [0.25, 0.3) is 0 Å². The first-order chi connectivity index (χ1) is 12.9. The van der Waals surface area contributed by atoms with E-state index < -0.39 is 11.5 Å². The first-order valence-electron chi connectivity index (χ1n) is 7.80. The van der Waals surface area contributed by atoms with Crippen LogP contribution in [0.1, 0.15) is 11.1 Å². The summed E-state index contributed by atoms with van der Waals surface area (Å²) in [5, 5.41) is 17.3. The second-order valence-electron chi connectivity index (χ2n) is 5.30. The molecule has 0 saturated heterocycles. The molecule has 0 saturated carbocycles. The van der Waals surface area contributed by atoms with Crippen molar-refractivity contribution in [1.29, 1.82) is 0 Å². The van der Waals surface area contributed by atoms with Gasteiger partial charge in [-0.05, 0) is 18.2 Å². The van der Waals surface area contributed by atoms with Crippen LogP contribution in [0.5, 0.6) is 5.75 Å². The fourth-order valence-corrected chi connectivity index (χ4v) is 2.51. The molecule has 0 spiro atoms. The Bertz CT molecular complexity index is 834. The molecule has 0 amide bonds. The van der Waals surface area contributed by atoms with E-state index in [1.807, 2.05) is 0 Å². The molecule has 0 atom stereocenters. The van der Waals surface area contributed by atoms with Gasteiger partial charge in [-0.1, -0.05) is 29.8 Å². The van der Waals surface area contributed by atoms with Gasteiger partial charge in [0.2, 0.25) is 0 Å². The molecular weight excluding hydrogens is 382 g/mol. The topological polar surface area (TPSA) is 88.8 Å². The number of ether oxygens (including phenoxy) is 1. The van der Waals surface area contributed by atoms with E-state index in [1.165, 1.54) is 31.3 Å². The zero-order chi connectivity index (χ0) is 19.8. The van der Waals surface area contributed by atoms with Crippen molar-refractivity contribution in [3.63, 3.8) is 0 Å². The van der Waals surface area contributed by atoms with Crippen molar-refractivity contribution in [1.82, 2.24) is 10.6 Å². The Labute approximate surface area is 159 Å². The predicted octanol–water partition coefficient (Wildman–Crippen LogP) is 3.71. The number of alkyl halides is 2. The summed E-state index contributed by atoms with van der Waals surface area (Å²) in [6.07, 6.45) is 0. The van der Waals surface area contributed by atoms with Crippen LogP contribution >= 0.6 is 11.6 Å². The first-order valence-corrected chi connectivity index (χ1v) is 8.18. The van der Waals surface area contributed by atoms with E-state index in [1.54, 1.807) is 18.2 Å². The van der Waals surface area contributed by atoms with E-state index in [-0.39, 0.29) is 24.5 Å². The van der Waals surface area contributed by atoms with Crippen LogP contribution in [-0.4, -0.2) is 24.5 Å². The lowest BCUT2D eigenvalue weighted by Crippen LogP contribution is -2.36. The van der Waals surface area contributed by atoms with Gasteiger partial charge in [0, 0.05) is 42.4 Å². The molecule has 0 aliphatic rings. The van der Waals surface area contributed by atoms with E-state index in [9.17, 15) is 18.9 Å². The number of aliphatic imine (C=N–C) groups is 1. The third-order valence-electron chi connectivity index (χ3n) is 3.54. The van der Waals surface area contributed by atoms with Gasteiger partial charge < -0.3 is 15.4 Å². The van der Waals surface area contributed by atoms with E-state index in [2.05, 4.69) is 20.4 Å². The molecule has 0 aliphatic heterocycles. The number of nitrogens with zero attached hydrogens (tertiary/aromatic N) is 2. The highest BCUT2D eigenvalue weighted by molar-refractivity contribution is 6.30. The van der Waals surface area contributed by atoms with Crippen molar-refractivity contribution < 1.29 is 18.4 Å². The number of rotatable bonds is 7. The maximum absolute atomic E-state index is 12.5. The molecule has 0 bridgehead atoms. The minimum atomic E-state index is -2.96.